The Morgan fingerprint density at radius 1 is 0.188 bits per heavy atom. The highest BCUT2D eigenvalue weighted by Gasteiger charge is 1.77. The van der Waals surface area contributed by atoms with Gasteiger partial charge in [-0.1, -0.05) is 432 Å². The van der Waals surface area contributed by atoms with Gasteiger partial charge in [0.1, 0.15) is 0 Å². The van der Waals surface area contributed by atoms with E-state index in [-0.39, 0.29) is 0 Å². The van der Waals surface area contributed by atoms with E-state index in [1.54, 1.807) is 72.9 Å². The molecule has 4 heteroatoms. The van der Waals surface area contributed by atoms with E-state index in [1.165, 1.54) is 126 Å². The van der Waals surface area contributed by atoms with Crippen molar-refractivity contribution in [3.63, 3.8) is 0 Å². The maximum Gasteiger partial charge on any atom is 0.000844 e. The van der Waals surface area contributed by atoms with Crippen molar-refractivity contribution in [3.8, 4) is 0 Å². The summed E-state index contributed by atoms with van der Waals surface area (Å²) in [5.41, 5.74) is 0. The largest absolute Gasteiger partial charge is 0.103 e. The Bertz CT molecular complexity index is 851. The molecule has 0 aliphatic heterocycles. The number of rotatable bonds is 28. The van der Waals surface area contributed by atoms with E-state index in [4.69, 9.17) is 0 Å². The molecule has 0 aromatic carbocycles. The molecule has 0 unspecified atom stereocenters. The average molecular weight is 1190 g/mol. The van der Waals surface area contributed by atoms with Gasteiger partial charge < -0.3 is 0 Å². The fourth-order valence-electron chi connectivity index (χ4n) is 2.67. The molecule has 0 spiro atoms. The van der Waals surface area contributed by atoms with Crippen molar-refractivity contribution in [1.82, 2.24) is 0 Å². The number of hydrogen-bond acceptors (Lipinski definition) is 4. The van der Waals surface area contributed by atoms with Crippen LogP contribution in [-0.2, 0) is 0 Å². The van der Waals surface area contributed by atoms with Crippen molar-refractivity contribution < 1.29 is 0 Å². The van der Waals surface area contributed by atoms with Gasteiger partial charge in [0.05, 0.1) is 0 Å². The molecule has 0 saturated carbocycles. The maximum absolute atomic E-state index is 3.48. The first-order valence-corrected chi connectivity index (χ1v) is 35.3. The summed E-state index contributed by atoms with van der Waals surface area (Å²) in [5, 5.41) is 0. The third kappa shape index (κ3) is 492. The fourth-order valence-corrected chi connectivity index (χ4v) is 5.33. The molecule has 0 aromatic rings. The van der Waals surface area contributed by atoms with Gasteiger partial charge in [-0.05, 0) is 64.2 Å². The molecule has 0 aromatic heterocycles. The Kier molecular flexibility index (Phi) is 315. The molecule has 476 valence electrons. The van der Waals surface area contributed by atoms with Crippen molar-refractivity contribution in [3.05, 3.63) is 226 Å². The Balaban J connectivity index is -0.0000000391. The van der Waals surface area contributed by atoms with Crippen molar-refractivity contribution in [2.45, 2.75) is 240 Å². The summed E-state index contributed by atoms with van der Waals surface area (Å²) < 4.78 is 0. The summed E-state index contributed by atoms with van der Waals surface area (Å²) in [5.74, 6) is 4.94. The van der Waals surface area contributed by atoms with E-state index in [9.17, 15) is 0 Å². The zero-order valence-corrected chi connectivity index (χ0v) is 61.1. The van der Waals surface area contributed by atoms with Crippen molar-refractivity contribution in [2.75, 3.05) is 23.0 Å². The van der Waals surface area contributed by atoms with Crippen molar-refractivity contribution >= 4 is 43.2 Å². The van der Waals surface area contributed by atoms with Crippen LogP contribution in [0.1, 0.15) is 240 Å². The molecule has 80 heavy (non-hydrogen) atoms. The zero-order valence-electron chi connectivity index (χ0n) is 57.8. The molecule has 0 rings (SSSR count). The van der Waals surface area contributed by atoms with Crippen LogP contribution in [0.3, 0.4) is 0 Å². The van der Waals surface area contributed by atoms with Gasteiger partial charge >= 0.3 is 0 Å². The van der Waals surface area contributed by atoms with Crippen LogP contribution >= 0.6 is 43.2 Å². The van der Waals surface area contributed by atoms with Gasteiger partial charge in [0.2, 0.25) is 0 Å². The molecule has 0 atom stereocenters. The first kappa shape index (κ1) is 119. The number of hydrogen-bond donors (Lipinski definition) is 0. The Labute approximate surface area is 528 Å². The smallest absolute Gasteiger partial charge is 0.000844 e. The van der Waals surface area contributed by atoms with Gasteiger partial charge in [0, 0.05) is 23.0 Å². The first-order valence-electron chi connectivity index (χ1n) is 30.3. The average Bonchev–Trinajstić information content (AvgIpc) is 3.51. The van der Waals surface area contributed by atoms with Crippen LogP contribution in [0.4, 0.5) is 0 Å². The van der Waals surface area contributed by atoms with Gasteiger partial charge in [-0.15, -0.1) is 13.2 Å². The van der Waals surface area contributed by atoms with Crippen LogP contribution in [-0.4, -0.2) is 23.0 Å². The summed E-state index contributed by atoms with van der Waals surface area (Å²) >= 11 is 0. The topological polar surface area (TPSA) is 0 Å². The van der Waals surface area contributed by atoms with Crippen LogP contribution in [0.25, 0.3) is 0 Å². The third-order valence-corrected chi connectivity index (χ3v) is 11.8. The quantitative estimate of drug-likeness (QED) is 0.0331. The lowest BCUT2D eigenvalue weighted by atomic mass is 10.2. The lowest BCUT2D eigenvalue weighted by Gasteiger charge is -1.86. The fraction of sp³-hybridized carbons (Fsp3) is 0.526. The van der Waals surface area contributed by atoms with Gasteiger partial charge in [0.15, 0.2) is 0 Å². The molecular formula is C76H148S4. The Morgan fingerprint density at radius 2 is 0.287 bits per heavy atom. The predicted octanol–water partition coefficient (Wildman–Crippen LogP) is 30.8. The van der Waals surface area contributed by atoms with Gasteiger partial charge in [0.25, 0.3) is 0 Å². The molecular weight excluding hydrogens is 1040 g/mol. The van der Waals surface area contributed by atoms with Crippen LogP contribution in [0.5, 0.6) is 0 Å². The van der Waals surface area contributed by atoms with E-state index in [0.29, 0.717) is 0 Å². The predicted molar refractivity (Wildman–Crippen MR) is 414 cm³/mol. The highest BCUT2D eigenvalue weighted by Crippen LogP contribution is 2.19. The number of unbranched alkanes of at least 4 members (excludes halogenated alkanes) is 6. The van der Waals surface area contributed by atoms with Crippen molar-refractivity contribution in [1.29, 1.82) is 0 Å². The molecule has 0 fully saturated rings. The molecule has 0 nitrogen and oxygen atoms in total. The molecule has 0 aliphatic rings. The van der Waals surface area contributed by atoms with Gasteiger partial charge in [-0.25, -0.2) is 0 Å². The SMILES string of the molecule is C=CC=C.C=CC=C.C=CC=C.C=CC=C.C=CC=C.C=CC=C.C=CCC.C=CCC.CCC=CCC.CCC=CCC.CCC=CCC.CCC=CCC.CCCCCC.CCCCCC.CCSSCC.CCSSCC. The van der Waals surface area contributed by atoms with E-state index in [2.05, 4.69) is 265 Å². The highest BCUT2D eigenvalue weighted by molar-refractivity contribution is 8.77. The second kappa shape index (κ2) is 211. The van der Waals surface area contributed by atoms with E-state index in [1.807, 2.05) is 55.3 Å². The Hall–Kier alpha value is -3.28. The van der Waals surface area contributed by atoms with Crippen LogP contribution in [0.2, 0.25) is 0 Å². The second-order valence-electron chi connectivity index (χ2n) is 14.4. The standard InChI is InChI=1S/2C6H14.4C6H12.2C4H10S2.2C4H8.6C4H6/c8*1-3-5-6-4-2;8*1-3-4-2/h2*3-6H2,1-2H3;4*5-6H,3-4H2,1-2H3;2*3-4H2,1-2H3;2*3H,1,4H2,2H3;6*3-4H,1-2H2. The minimum atomic E-state index is 1.08. The summed E-state index contributed by atoms with van der Waals surface area (Å²) in [6.45, 7) is 86.2. The normalized spacial score (nSPS) is 7.92. The maximum atomic E-state index is 3.48. The highest BCUT2D eigenvalue weighted by atomic mass is 33.1. The van der Waals surface area contributed by atoms with Crippen molar-refractivity contribution in [2.24, 2.45) is 0 Å². The molecule has 0 aliphatic carbocycles. The monoisotopic (exact) mass is 1190 g/mol. The third-order valence-electron chi connectivity index (χ3n) is 6.68. The van der Waals surface area contributed by atoms with Crippen LogP contribution in [0.15, 0.2) is 226 Å². The summed E-state index contributed by atoms with van der Waals surface area (Å²) in [7, 11) is 7.70. The summed E-state index contributed by atoms with van der Waals surface area (Å²) in [4.78, 5) is 0. The van der Waals surface area contributed by atoms with Gasteiger partial charge in [-0.2, -0.15) is 0 Å². The van der Waals surface area contributed by atoms with E-state index < -0.39 is 0 Å². The van der Waals surface area contributed by atoms with Crippen LogP contribution in [0, 0.1) is 0 Å². The first-order chi connectivity index (χ1) is 38.6. The molecule has 0 N–H and O–H groups in total. The molecule has 0 radical (unpaired) electrons. The number of allylic oxidation sites excluding steroid dienone is 22. The van der Waals surface area contributed by atoms with E-state index in [0.717, 1.165) is 12.8 Å². The molecule has 0 heterocycles. The molecule has 0 saturated heterocycles. The molecule has 0 amide bonds. The minimum absolute atomic E-state index is 1.08. The van der Waals surface area contributed by atoms with E-state index >= 15 is 0 Å². The Morgan fingerprint density at radius 3 is 0.325 bits per heavy atom. The van der Waals surface area contributed by atoms with Gasteiger partial charge in [-0.3, -0.25) is 0 Å². The lowest BCUT2D eigenvalue weighted by molar-refractivity contribution is 0.702. The van der Waals surface area contributed by atoms with Crippen LogP contribution < -0.4 is 0 Å². The minimum Gasteiger partial charge on any atom is -0.103 e. The second-order valence-corrected chi connectivity index (χ2v) is 20.5. The molecule has 0 bridgehead atoms. The lowest BCUT2D eigenvalue weighted by Crippen LogP contribution is -1.66. The summed E-state index contributed by atoms with van der Waals surface area (Å²) in [6, 6.07) is 0. The summed E-state index contributed by atoms with van der Waals surface area (Å²) in [6.07, 6.45) is 63.5. The zero-order chi connectivity index (χ0) is 65.9.